The Labute approximate surface area is 115 Å². The smallest absolute Gasteiger partial charge is 0.122 e. The summed E-state index contributed by atoms with van der Waals surface area (Å²) >= 11 is 0. The molecule has 4 heteroatoms. The fourth-order valence-corrected chi connectivity index (χ4v) is 3.43. The molecule has 19 heavy (non-hydrogen) atoms. The van der Waals surface area contributed by atoms with E-state index < -0.39 is 0 Å². The first-order chi connectivity index (χ1) is 9.36. The molecule has 2 aliphatic heterocycles. The van der Waals surface area contributed by atoms with Crippen LogP contribution < -0.4 is 5.32 Å². The van der Waals surface area contributed by atoms with Gasteiger partial charge in [0, 0.05) is 31.2 Å². The lowest BCUT2D eigenvalue weighted by molar-refractivity contribution is 0.229. The Bertz CT molecular complexity index is 398. The molecule has 0 radical (unpaired) electrons. The Morgan fingerprint density at radius 3 is 2.95 bits per heavy atom. The Morgan fingerprint density at radius 2 is 2.16 bits per heavy atom. The Morgan fingerprint density at radius 1 is 1.32 bits per heavy atom. The topological polar surface area (TPSA) is 31.7 Å². The van der Waals surface area contributed by atoms with Crippen LogP contribution in [-0.4, -0.2) is 49.1 Å². The highest BCUT2D eigenvalue weighted by Gasteiger charge is 2.29. The van der Waals surface area contributed by atoms with Crippen molar-refractivity contribution in [2.75, 3.05) is 33.2 Å². The second-order valence-corrected chi connectivity index (χ2v) is 5.82. The van der Waals surface area contributed by atoms with Gasteiger partial charge in [0.05, 0.1) is 12.8 Å². The second kappa shape index (κ2) is 6.07. The molecule has 0 bridgehead atoms. The normalized spacial score (nSPS) is 25.4. The van der Waals surface area contributed by atoms with E-state index in [0.717, 1.165) is 24.9 Å². The number of likely N-dealkylation sites (tertiary alicyclic amines) is 2. The van der Waals surface area contributed by atoms with E-state index in [2.05, 4.69) is 21.2 Å². The van der Waals surface area contributed by atoms with Crippen LogP contribution in [0.5, 0.6) is 0 Å². The highest BCUT2D eigenvalue weighted by atomic mass is 16.3. The van der Waals surface area contributed by atoms with Crippen molar-refractivity contribution in [3.63, 3.8) is 0 Å². The van der Waals surface area contributed by atoms with Crippen LogP contribution in [0.15, 0.2) is 16.7 Å². The predicted octanol–water partition coefficient (Wildman–Crippen LogP) is 1.67. The summed E-state index contributed by atoms with van der Waals surface area (Å²) in [5, 5.41) is 3.17. The van der Waals surface area contributed by atoms with Crippen LogP contribution >= 0.6 is 0 Å². The Balaban J connectivity index is 1.54. The average molecular weight is 263 g/mol. The molecule has 1 aromatic heterocycles. The average Bonchev–Trinajstić information content (AvgIpc) is 3.12. The Hall–Kier alpha value is -0.840. The van der Waals surface area contributed by atoms with Crippen molar-refractivity contribution in [3.8, 4) is 0 Å². The zero-order chi connectivity index (χ0) is 13.1. The van der Waals surface area contributed by atoms with Gasteiger partial charge in [0.25, 0.3) is 0 Å². The minimum Gasteiger partial charge on any atom is -0.468 e. The molecule has 1 N–H and O–H groups in total. The molecule has 1 unspecified atom stereocenters. The molecule has 0 spiro atoms. The predicted molar refractivity (Wildman–Crippen MR) is 76.0 cm³/mol. The Kier molecular flexibility index (Phi) is 4.21. The van der Waals surface area contributed by atoms with Crippen molar-refractivity contribution < 1.29 is 4.42 Å². The van der Waals surface area contributed by atoms with Crippen molar-refractivity contribution in [1.29, 1.82) is 0 Å². The molecule has 0 aliphatic carbocycles. The third-order valence-corrected chi connectivity index (χ3v) is 4.47. The van der Waals surface area contributed by atoms with Crippen molar-refractivity contribution >= 4 is 0 Å². The summed E-state index contributed by atoms with van der Waals surface area (Å²) in [5.74, 6) is 1.09. The maximum atomic E-state index is 5.54. The summed E-state index contributed by atoms with van der Waals surface area (Å²) < 4.78 is 5.54. The highest BCUT2D eigenvalue weighted by molar-refractivity contribution is 5.17. The van der Waals surface area contributed by atoms with Crippen LogP contribution in [0.4, 0.5) is 0 Å². The van der Waals surface area contributed by atoms with Gasteiger partial charge in [-0.3, -0.25) is 9.80 Å². The molecule has 1 atom stereocenters. The van der Waals surface area contributed by atoms with E-state index in [4.69, 9.17) is 4.42 Å². The molecule has 2 saturated heterocycles. The van der Waals surface area contributed by atoms with Crippen LogP contribution in [-0.2, 0) is 13.1 Å². The third kappa shape index (κ3) is 3.02. The van der Waals surface area contributed by atoms with Gasteiger partial charge in [-0.15, -0.1) is 0 Å². The maximum Gasteiger partial charge on any atom is 0.122 e. The molecular weight excluding hydrogens is 238 g/mol. The SMILES string of the molecule is CNCc1occc1CN1CCC(N2CCCC2)C1. The van der Waals surface area contributed by atoms with Crippen LogP contribution in [0.3, 0.4) is 0 Å². The summed E-state index contributed by atoms with van der Waals surface area (Å²) in [6, 6.07) is 2.91. The van der Waals surface area contributed by atoms with Crippen molar-refractivity contribution in [1.82, 2.24) is 15.1 Å². The number of rotatable bonds is 5. The number of hydrogen-bond donors (Lipinski definition) is 1. The van der Waals surface area contributed by atoms with E-state index in [1.165, 1.54) is 51.0 Å². The van der Waals surface area contributed by atoms with Gasteiger partial charge in [-0.05, 0) is 45.5 Å². The van der Waals surface area contributed by atoms with E-state index in [1.807, 2.05) is 13.3 Å². The quantitative estimate of drug-likeness (QED) is 0.875. The van der Waals surface area contributed by atoms with E-state index in [9.17, 15) is 0 Å². The number of furan rings is 1. The molecule has 3 rings (SSSR count). The summed E-state index contributed by atoms with van der Waals surface area (Å²) in [6.45, 7) is 6.95. The molecule has 0 amide bonds. The van der Waals surface area contributed by atoms with E-state index in [1.54, 1.807) is 0 Å². The van der Waals surface area contributed by atoms with E-state index in [-0.39, 0.29) is 0 Å². The van der Waals surface area contributed by atoms with E-state index in [0.29, 0.717) is 0 Å². The molecular formula is C15H25N3O. The standard InChI is InChI=1S/C15H25N3O/c1-16-10-15-13(5-9-19-15)11-17-8-4-14(12-17)18-6-2-3-7-18/h5,9,14,16H,2-4,6-8,10-12H2,1H3. The molecule has 0 saturated carbocycles. The fraction of sp³-hybridized carbons (Fsp3) is 0.733. The van der Waals surface area contributed by atoms with Crippen molar-refractivity contribution in [2.24, 2.45) is 0 Å². The van der Waals surface area contributed by atoms with Crippen LogP contribution in [0.2, 0.25) is 0 Å². The van der Waals surface area contributed by atoms with E-state index >= 15 is 0 Å². The lowest BCUT2D eigenvalue weighted by Crippen LogP contribution is -2.35. The third-order valence-electron chi connectivity index (χ3n) is 4.47. The lowest BCUT2D eigenvalue weighted by Gasteiger charge is -2.23. The summed E-state index contributed by atoms with van der Waals surface area (Å²) in [5.41, 5.74) is 1.34. The lowest BCUT2D eigenvalue weighted by atomic mass is 10.2. The van der Waals surface area contributed by atoms with Gasteiger partial charge in [-0.25, -0.2) is 0 Å². The molecule has 1 aromatic rings. The molecule has 2 fully saturated rings. The molecule has 4 nitrogen and oxygen atoms in total. The minimum atomic E-state index is 0.794. The van der Waals surface area contributed by atoms with Crippen molar-refractivity contribution in [2.45, 2.75) is 38.4 Å². The monoisotopic (exact) mass is 263 g/mol. The molecule has 2 aliphatic rings. The zero-order valence-corrected chi connectivity index (χ0v) is 11.9. The number of hydrogen-bond acceptors (Lipinski definition) is 4. The van der Waals surface area contributed by atoms with Gasteiger partial charge in [-0.2, -0.15) is 0 Å². The van der Waals surface area contributed by atoms with Gasteiger partial charge >= 0.3 is 0 Å². The highest BCUT2D eigenvalue weighted by Crippen LogP contribution is 2.23. The largest absolute Gasteiger partial charge is 0.468 e. The number of nitrogens with one attached hydrogen (secondary N) is 1. The number of nitrogens with zero attached hydrogens (tertiary/aromatic N) is 2. The van der Waals surface area contributed by atoms with Gasteiger partial charge in [0.15, 0.2) is 0 Å². The molecule has 0 aromatic carbocycles. The summed E-state index contributed by atoms with van der Waals surface area (Å²) in [4.78, 5) is 5.26. The molecule has 106 valence electrons. The minimum absolute atomic E-state index is 0.794. The maximum absolute atomic E-state index is 5.54. The van der Waals surface area contributed by atoms with Crippen LogP contribution in [0.1, 0.15) is 30.6 Å². The zero-order valence-electron chi connectivity index (χ0n) is 11.9. The van der Waals surface area contributed by atoms with Crippen LogP contribution in [0, 0.1) is 0 Å². The van der Waals surface area contributed by atoms with Gasteiger partial charge < -0.3 is 9.73 Å². The summed E-state index contributed by atoms with van der Waals surface area (Å²) in [6.07, 6.45) is 5.93. The second-order valence-electron chi connectivity index (χ2n) is 5.82. The first-order valence-electron chi connectivity index (χ1n) is 7.53. The van der Waals surface area contributed by atoms with Gasteiger partial charge in [0.2, 0.25) is 0 Å². The molecule has 3 heterocycles. The summed E-state index contributed by atoms with van der Waals surface area (Å²) in [7, 11) is 1.96. The fourth-order valence-electron chi connectivity index (χ4n) is 3.43. The van der Waals surface area contributed by atoms with Gasteiger partial charge in [0.1, 0.15) is 5.76 Å². The van der Waals surface area contributed by atoms with Crippen LogP contribution in [0.25, 0.3) is 0 Å². The first-order valence-corrected chi connectivity index (χ1v) is 7.53. The van der Waals surface area contributed by atoms with Gasteiger partial charge in [-0.1, -0.05) is 0 Å². The van der Waals surface area contributed by atoms with Crippen molar-refractivity contribution in [3.05, 3.63) is 23.7 Å². The first kappa shape index (κ1) is 13.2.